The molecule has 4 heteroatoms. The Morgan fingerprint density at radius 1 is 1.05 bits per heavy atom. The Hall–Kier alpha value is -2.75. The number of hydrazone groups is 1. The molecule has 1 aromatic heterocycles. The van der Waals surface area contributed by atoms with E-state index in [9.17, 15) is 4.79 Å². The minimum atomic E-state index is -0.186. The number of hydrogen-bond donors (Lipinski definition) is 1. The number of nitrogens with one attached hydrogen (secondary N) is 1. The molecule has 0 radical (unpaired) electrons. The van der Waals surface area contributed by atoms with Gasteiger partial charge in [0.1, 0.15) is 0 Å². The lowest BCUT2D eigenvalue weighted by molar-refractivity contribution is -0.124. The number of benzene rings is 1. The molecule has 2 heterocycles. The van der Waals surface area contributed by atoms with E-state index in [0.29, 0.717) is 0 Å². The van der Waals surface area contributed by atoms with Gasteiger partial charge in [-0.05, 0) is 12.1 Å². The fraction of sp³-hybridized carbons (Fsp3) is 0.118. The van der Waals surface area contributed by atoms with Crippen LogP contribution in [0.1, 0.15) is 5.56 Å². The lowest BCUT2D eigenvalue weighted by Gasteiger charge is -2.28. The highest BCUT2D eigenvalue weighted by atomic mass is 16.2. The number of carbonyl (C=O) groups is 1. The highest BCUT2D eigenvalue weighted by Crippen LogP contribution is 2.28. The van der Waals surface area contributed by atoms with Crippen molar-refractivity contribution in [2.45, 2.75) is 0 Å². The highest BCUT2D eigenvalue weighted by Gasteiger charge is 2.34. The Balaban J connectivity index is 1.82. The summed E-state index contributed by atoms with van der Waals surface area (Å²) in [6.45, 7) is 0. The number of para-hydroxylation sites is 1. The van der Waals surface area contributed by atoms with Crippen LogP contribution in [-0.4, -0.2) is 16.6 Å². The van der Waals surface area contributed by atoms with E-state index < -0.39 is 0 Å². The number of nitrogens with zero attached hydrogens (tertiary/aromatic N) is 2. The Morgan fingerprint density at radius 2 is 1.86 bits per heavy atom. The molecule has 1 aliphatic carbocycles. The van der Waals surface area contributed by atoms with Crippen molar-refractivity contribution >= 4 is 22.5 Å². The number of fused-ring (bicyclic) bond motifs is 2. The molecule has 0 spiro atoms. The number of hydrogen-bond acceptors (Lipinski definition) is 3. The average Bonchev–Trinajstić information content (AvgIpc) is 2.55. The van der Waals surface area contributed by atoms with E-state index in [1.165, 1.54) is 0 Å². The Bertz CT molecular complexity index is 820. The molecule has 1 amide bonds. The Labute approximate surface area is 121 Å². The van der Waals surface area contributed by atoms with Gasteiger partial charge >= 0.3 is 0 Å². The van der Waals surface area contributed by atoms with Gasteiger partial charge in [0.15, 0.2) is 0 Å². The monoisotopic (exact) mass is 275 g/mol. The van der Waals surface area contributed by atoms with Gasteiger partial charge in [-0.15, -0.1) is 0 Å². The molecule has 0 bridgehead atoms. The topological polar surface area (TPSA) is 54.4 Å². The summed E-state index contributed by atoms with van der Waals surface area (Å²) in [6.07, 6.45) is 9.63. The third-order valence-corrected chi connectivity index (χ3v) is 3.93. The SMILES string of the molecule is O=C1NN=C(c2cnc3ccccc3c2)C2C=CC=CC12. The number of amides is 1. The third kappa shape index (κ3) is 1.96. The van der Waals surface area contributed by atoms with E-state index in [1.807, 2.05) is 54.8 Å². The molecule has 2 aliphatic rings. The van der Waals surface area contributed by atoms with Crippen LogP contribution in [0.3, 0.4) is 0 Å². The predicted octanol–water partition coefficient (Wildman–Crippen LogP) is 2.43. The van der Waals surface area contributed by atoms with Crippen molar-refractivity contribution in [2.24, 2.45) is 16.9 Å². The number of rotatable bonds is 1. The molecule has 0 saturated heterocycles. The summed E-state index contributed by atoms with van der Waals surface area (Å²) < 4.78 is 0. The van der Waals surface area contributed by atoms with Crippen molar-refractivity contribution < 1.29 is 4.79 Å². The molecular formula is C17H13N3O. The van der Waals surface area contributed by atoms with Crippen LogP contribution in [0.4, 0.5) is 0 Å². The van der Waals surface area contributed by atoms with E-state index in [-0.39, 0.29) is 17.7 Å². The normalized spacial score (nSPS) is 23.6. The standard InChI is InChI=1S/C17H13N3O/c21-17-14-7-3-2-6-13(14)16(19-20-17)12-9-11-5-1-4-8-15(11)18-10-12/h1-10,13-14H,(H,20,21). The number of carbonyl (C=O) groups excluding carboxylic acids is 1. The molecule has 2 atom stereocenters. The molecule has 0 fully saturated rings. The van der Waals surface area contributed by atoms with Crippen LogP contribution in [-0.2, 0) is 4.79 Å². The van der Waals surface area contributed by atoms with Gasteiger partial charge < -0.3 is 0 Å². The largest absolute Gasteiger partial charge is 0.272 e. The fourth-order valence-corrected chi connectivity index (χ4v) is 2.85. The molecular weight excluding hydrogens is 262 g/mol. The maximum atomic E-state index is 11.9. The van der Waals surface area contributed by atoms with Gasteiger partial charge in [0.05, 0.1) is 17.1 Å². The van der Waals surface area contributed by atoms with E-state index in [4.69, 9.17) is 0 Å². The second-order valence-corrected chi connectivity index (χ2v) is 5.21. The zero-order valence-corrected chi connectivity index (χ0v) is 11.2. The minimum absolute atomic E-state index is 0.0216. The van der Waals surface area contributed by atoms with Crippen LogP contribution in [0.25, 0.3) is 10.9 Å². The molecule has 2 aromatic rings. The van der Waals surface area contributed by atoms with E-state index in [2.05, 4.69) is 21.6 Å². The van der Waals surface area contributed by atoms with Crippen LogP contribution in [0.2, 0.25) is 0 Å². The van der Waals surface area contributed by atoms with Crippen LogP contribution in [0, 0.1) is 11.8 Å². The van der Waals surface area contributed by atoms with Crippen LogP contribution in [0.15, 0.2) is 65.9 Å². The van der Waals surface area contributed by atoms with Crippen LogP contribution < -0.4 is 5.43 Å². The summed E-state index contributed by atoms with van der Waals surface area (Å²) >= 11 is 0. The van der Waals surface area contributed by atoms with Crippen molar-refractivity contribution in [3.8, 4) is 0 Å². The molecule has 1 aromatic carbocycles. The van der Waals surface area contributed by atoms with Crippen molar-refractivity contribution in [3.63, 3.8) is 0 Å². The molecule has 2 unspecified atom stereocenters. The quantitative estimate of drug-likeness (QED) is 0.869. The van der Waals surface area contributed by atoms with Crippen molar-refractivity contribution in [1.82, 2.24) is 10.4 Å². The van der Waals surface area contributed by atoms with Gasteiger partial charge in [-0.1, -0.05) is 42.5 Å². The van der Waals surface area contributed by atoms with Gasteiger partial charge in [-0.2, -0.15) is 5.10 Å². The highest BCUT2D eigenvalue weighted by molar-refractivity contribution is 6.09. The summed E-state index contributed by atoms with van der Waals surface area (Å²) in [5, 5.41) is 5.33. The van der Waals surface area contributed by atoms with E-state index in [1.54, 1.807) is 0 Å². The van der Waals surface area contributed by atoms with Crippen LogP contribution >= 0.6 is 0 Å². The molecule has 21 heavy (non-hydrogen) atoms. The van der Waals surface area contributed by atoms with Gasteiger partial charge in [0.2, 0.25) is 5.91 Å². The maximum Gasteiger partial charge on any atom is 0.248 e. The summed E-state index contributed by atoms with van der Waals surface area (Å²) in [4.78, 5) is 16.4. The van der Waals surface area contributed by atoms with Gasteiger partial charge in [0, 0.05) is 23.1 Å². The molecule has 4 nitrogen and oxygen atoms in total. The molecule has 0 saturated carbocycles. The average molecular weight is 275 g/mol. The van der Waals surface area contributed by atoms with Gasteiger partial charge in [-0.25, -0.2) is 5.43 Å². The first-order valence-electron chi connectivity index (χ1n) is 6.90. The molecule has 1 N–H and O–H groups in total. The zero-order valence-electron chi connectivity index (χ0n) is 11.2. The summed E-state index contributed by atoms with van der Waals surface area (Å²) in [5.74, 6) is -0.265. The van der Waals surface area contributed by atoms with Crippen molar-refractivity contribution in [1.29, 1.82) is 0 Å². The second-order valence-electron chi connectivity index (χ2n) is 5.21. The summed E-state index contributed by atoms with van der Waals surface area (Å²) in [7, 11) is 0. The summed E-state index contributed by atoms with van der Waals surface area (Å²) in [5.41, 5.74) is 5.38. The molecule has 102 valence electrons. The Kier molecular flexibility index (Phi) is 2.67. The predicted molar refractivity (Wildman–Crippen MR) is 81.7 cm³/mol. The third-order valence-electron chi connectivity index (χ3n) is 3.93. The minimum Gasteiger partial charge on any atom is -0.272 e. The first kappa shape index (κ1) is 12.0. The van der Waals surface area contributed by atoms with E-state index in [0.717, 1.165) is 22.2 Å². The lowest BCUT2D eigenvalue weighted by Crippen LogP contribution is -2.41. The van der Waals surface area contributed by atoms with Gasteiger partial charge in [0.25, 0.3) is 0 Å². The lowest BCUT2D eigenvalue weighted by atomic mass is 9.81. The number of pyridine rings is 1. The summed E-state index contributed by atoms with van der Waals surface area (Å²) in [6, 6.07) is 10.0. The number of aromatic nitrogens is 1. The zero-order chi connectivity index (χ0) is 14.2. The van der Waals surface area contributed by atoms with Crippen molar-refractivity contribution in [2.75, 3.05) is 0 Å². The van der Waals surface area contributed by atoms with Crippen molar-refractivity contribution in [3.05, 3.63) is 66.4 Å². The van der Waals surface area contributed by atoms with Gasteiger partial charge in [-0.3, -0.25) is 9.78 Å². The van der Waals surface area contributed by atoms with E-state index >= 15 is 0 Å². The second kappa shape index (κ2) is 4.66. The maximum absolute atomic E-state index is 11.9. The first-order chi connectivity index (χ1) is 10.3. The van der Waals surface area contributed by atoms with Crippen LogP contribution in [0.5, 0.6) is 0 Å². The number of allylic oxidation sites excluding steroid dienone is 3. The molecule has 1 aliphatic heterocycles. The first-order valence-corrected chi connectivity index (χ1v) is 6.90. The molecule has 4 rings (SSSR count). The fourth-order valence-electron chi connectivity index (χ4n) is 2.85. The smallest absolute Gasteiger partial charge is 0.248 e. The Morgan fingerprint density at radius 3 is 2.76 bits per heavy atom.